The van der Waals surface area contributed by atoms with Gasteiger partial charge in [0.1, 0.15) is 12.4 Å². The third kappa shape index (κ3) is 4.14. The quantitative estimate of drug-likeness (QED) is 0.736. The topological polar surface area (TPSA) is 71.8 Å². The molecule has 2 heterocycles. The molecule has 1 N–H and O–H groups in total. The van der Waals surface area contributed by atoms with Gasteiger partial charge in [0.15, 0.2) is 5.76 Å². The van der Waals surface area contributed by atoms with Crippen molar-refractivity contribution in [1.82, 2.24) is 10.2 Å². The number of amides is 2. The number of para-hydroxylation sites is 1. The number of hydrogen-bond donors (Lipinski definition) is 1. The van der Waals surface area contributed by atoms with Crippen molar-refractivity contribution in [1.29, 1.82) is 0 Å². The molecule has 2 fully saturated rings. The predicted molar refractivity (Wildman–Crippen MR) is 107 cm³/mol. The molecule has 1 atom stereocenters. The molecule has 2 aromatic rings. The highest BCUT2D eigenvalue weighted by Crippen LogP contribution is 2.48. The molecule has 1 aromatic heterocycles. The van der Waals surface area contributed by atoms with Crippen LogP contribution in [0.2, 0.25) is 0 Å². The van der Waals surface area contributed by atoms with E-state index >= 15 is 0 Å². The van der Waals surface area contributed by atoms with Gasteiger partial charge in [-0.05, 0) is 37.5 Å². The fourth-order valence-electron chi connectivity index (χ4n) is 3.69. The molecular formula is C23H24N2O4. The van der Waals surface area contributed by atoms with Crippen molar-refractivity contribution in [2.45, 2.75) is 38.3 Å². The number of carbonyl (C=O) groups is 2. The van der Waals surface area contributed by atoms with E-state index in [1.54, 1.807) is 11.0 Å². The lowest BCUT2D eigenvalue weighted by atomic mass is 10.0. The third-order valence-corrected chi connectivity index (χ3v) is 5.66. The van der Waals surface area contributed by atoms with Crippen LogP contribution in [-0.4, -0.2) is 35.8 Å². The van der Waals surface area contributed by atoms with Crippen LogP contribution >= 0.6 is 0 Å². The Kier molecular flexibility index (Phi) is 5.30. The SMILES string of the molecule is C#CCC1(C(=O)N[C@@H]2CCN(C(=O)c3occc3COc3ccccc3)C2)CC1. The number of benzene rings is 1. The largest absolute Gasteiger partial charge is 0.489 e. The Morgan fingerprint density at radius 2 is 2.07 bits per heavy atom. The average Bonchev–Trinajstić information content (AvgIpc) is 3.15. The molecule has 4 rings (SSSR count). The van der Waals surface area contributed by atoms with Crippen molar-refractivity contribution < 1.29 is 18.7 Å². The standard InChI is InChI=1S/C23H24N2O4/c1-2-10-23(11-12-23)22(27)24-18-8-13-25(15-18)21(26)20-17(9-14-28-20)16-29-19-6-4-3-5-7-19/h1,3-7,9,14,18H,8,10-13,15-16H2,(H,24,27)/t18-/m1/s1. The number of likely N-dealkylation sites (tertiary alicyclic amines) is 1. The Bertz CT molecular complexity index is 924. The van der Waals surface area contributed by atoms with Gasteiger partial charge in [0.05, 0.1) is 11.7 Å². The summed E-state index contributed by atoms with van der Waals surface area (Å²) in [6.07, 6.45) is 9.78. The Hall–Kier alpha value is -3.20. The number of ether oxygens (including phenoxy) is 1. The van der Waals surface area contributed by atoms with Crippen molar-refractivity contribution in [3.05, 3.63) is 54.0 Å². The van der Waals surface area contributed by atoms with Crippen LogP contribution in [0.5, 0.6) is 5.75 Å². The molecular weight excluding hydrogens is 368 g/mol. The van der Waals surface area contributed by atoms with E-state index in [0.717, 1.165) is 25.0 Å². The Labute approximate surface area is 170 Å². The monoisotopic (exact) mass is 392 g/mol. The molecule has 0 bridgehead atoms. The van der Waals surface area contributed by atoms with Crippen molar-refractivity contribution in [3.8, 4) is 18.1 Å². The van der Waals surface area contributed by atoms with Crippen molar-refractivity contribution in [2.24, 2.45) is 5.41 Å². The first-order valence-corrected chi connectivity index (χ1v) is 9.89. The average molecular weight is 392 g/mol. The summed E-state index contributed by atoms with van der Waals surface area (Å²) in [5.74, 6) is 3.47. The second kappa shape index (κ2) is 8.04. The van der Waals surface area contributed by atoms with Crippen molar-refractivity contribution >= 4 is 11.8 Å². The van der Waals surface area contributed by atoms with E-state index < -0.39 is 0 Å². The second-order valence-corrected chi connectivity index (χ2v) is 7.75. The Morgan fingerprint density at radius 3 is 2.79 bits per heavy atom. The van der Waals surface area contributed by atoms with Gasteiger partial charge in [0.25, 0.3) is 5.91 Å². The smallest absolute Gasteiger partial charge is 0.290 e. The van der Waals surface area contributed by atoms with E-state index in [9.17, 15) is 9.59 Å². The maximum absolute atomic E-state index is 12.9. The first kappa shape index (κ1) is 19.1. The van der Waals surface area contributed by atoms with Crippen LogP contribution in [0.3, 0.4) is 0 Å². The van der Waals surface area contributed by atoms with Crippen LogP contribution in [0.25, 0.3) is 0 Å². The first-order valence-electron chi connectivity index (χ1n) is 9.89. The van der Waals surface area contributed by atoms with E-state index in [4.69, 9.17) is 15.6 Å². The van der Waals surface area contributed by atoms with E-state index in [2.05, 4.69) is 11.2 Å². The van der Waals surface area contributed by atoms with E-state index in [0.29, 0.717) is 30.8 Å². The Balaban J connectivity index is 1.33. The van der Waals surface area contributed by atoms with Gasteiger partial charge in [-0.1, -0.05) is 18.2 Å². The molecule has 150 valence electrons. The molecule has 1 aromatic carbocycles. The van der Waals surface area contributed by atoms with Crippen molar-refractivity contribution in [2.75, 3.05) is 13.1 Å². The summed E-state index contributed by atoms with van der Waals surface area (Å²) in [7, 11) is 0. The molecule has 2 aliphatic rings. The maximum atomic E-state index is 12.9. The summed E-state index contributed by atoms with van der Waals surface area (Å²) in [5, 5.41) is 3.07. The number of nitrogens with zero attached hydrogens (tertiary/aromatic N) is 1. The summed E-state index contributed by atoms with van der Waals surface area (Å²) in [5.41, 5.74) is 0.326. The molecule has 1 aliphatic carbocycles. The van der Waals surface area contributed by atoms with Crippen molar-refractivity contribution in [3.63, 3.8) is 0 Å². The minimum absolute atomic E-state index is 0.0182. The summed E-state index contributed by atoms with van der Waals surface area (Å²) < 4.78 is 11.2. The zero-order valence-corrected chi connectivity index (χ0v) is 16.2. The highest BCUT2D eigenvalue weighted by Gasteiger charge is 2.49. The lowest BCUT2D eigenvalue weighted by molar-refractivity contribution is -0.126. The number of terminal acetylenes is 1. The maximum Gasteiger partial charge on any atom is 0.290 e. The van der Waals surface area contributed by atoms with Crippen LogP contribution in [0.1, 0.15) is 41.8 Å². The predicted octanol–water partition coefficient (Wildman–Crippen LogP) is 2.99. The van der Waals surface area contributed by atoms with Gasteiger partial charge in [-0.15, -0.1) is 12.3 Å². The molecule has 1 aliphatic heterocycles. The fraction of sp³-hybridized carbons (Fsp3) is 0.391. The van der Waals surface area contributed by atoms with Gasteiger partial charge >= 0.3 is 0 Å². The lowest BCUT2D eigenvalue weighted by Crippen LogP contribution is -2.42. The van der Waals surface area contributed by atoms with Crippen LogP contribution in [0.4, 0.5) is 0 Å². The van der Waals surface area contributed by atoms with Gasteiger partial charge in [-0.3, -0.25) is 9.59 Å². The van der Waals surface area contributed by atoms with Crippen LogP contribution < -0.4 is 10.1 Å². The van der Waals surface area contributed by atoms with Gasteiger partial charge in [-0.2, -0.15) is 0 Å². The van der Waals surface area contributed by atoms with Crippen LogP contribution in [-0.2, 0) is 11.4 Å². The molecule has 0 unspecified atom stereocenters. The molecule has 0 spiro atoms. The number of furan rings is 1. The van der Waals surface area contributed by atoms with E-state index in [1.165, 1.54) is 6.26 Å². The normalized spacial score (nSPS) is 19.4. The van der Waals surface area contributed by atoms with Gasteiger partial charge in [0, 0.05) is 31.1 Å². The minimum atomic E-state index is -0.380. The number of carbonyl (C=O) groups excluding carboxylic acids is 2. The number of rotatable bonds is 7. The molecule has 29 heavy (non-hydrogen) atoms. The van der Waals surface area contributed by atoms with Gasteiger partial charge in [-0.25, -0.2) is 0 Å². The van der Waals surface area contributed by atoms with E-state index in [1.807, 2.05) is 30.3 Å². The number of hydrogen-bond acceptors (Lipinski definition) is 4. The molecule has 0 radical (unpaired) electrons. The second-order valence-electron chi connectivity index (χ2n) is 7.75. The highest BCUT2D eigenvalue weighted by molar-refractivity contribution is 5.93. The molecule has 1 saturated carbocycles. The van der Waals surface area contributed by atoms with Crippen LogP contribution in [0.15, 0.2) is 47.1 Å². The minimum Gasteiger partial charge on any atom is -0.489 e. The van der Waals surface area contributed by atoms with Gasteiger partial charge < -0.3 is 19.4 Å². The summed E-state index contributed by atoms with van der Waals surface area (Å²) >= 11 is 0. The molecule has 6 nitrogen and oxygen atoms in total. The van der Waals surface area contributed by atoms with Crippen LogP contribution in [0, 0.1) is 17.8 Å². The summed E-state index contributed by atoms with van der Waals surface area (Å²) in [4.78, 5) is 27.1. The zero-order chi connectivity index (χ0) is 20.3. The fourth-order valence-corrected chi connectivity index (χ4v) is 3.69. The highest BCUT2D eigenvalue weighted by atomic mass is 16.5. The van der Waals surface area contributed by atoms with Gasteiger partial charge in [0.2, 0.25) is 5.91 Å². The molecule has 6 heteroatoms. The van der Waals surface area contributed by atoms with E-state index in [-0.39, 0.29) is 29.9 Å². The zero-order valence-electron chi connectivity index (χ0n) is 16.2. The summed E-state index contributed by atoms with van der Waals surface area (Å²) in [6, 6.07) is 11.1. The third-order valence-electron chi connectivity index (χ3n) is 5.66. The molecule has 1 saturated heterocycles. The summed E-state index contributed by atoms with van der Waals surface area (Å²) in [6.45, 7) is 1.30. The lowest BCUT2D eigenvalue weighted by Gasteiger charge is -2.19. The number of nitrogens with one attached hydrogen (secondary N) is 1. The first-order chi connectivity index (χ1) is 14.1. The molecule has 2 amide bonds. The Morgan fingerprint density at radius 1 is 1.28 bits per heavy atom.